The van der Waals surface area contributed by atoms with E-state index in [0.717, 1.165) is 61.5 Å². The second-order valence-corrected chi connectivity index (χ2v) is 6.53. The number of benzene rings is 1. The van der Waals surface area contributed by atoms with Crippen molar-refractivity contribution in [3.8, 4) is 0 Å². The highest BCUT2D eigenvalue weighted by atomic mass is 79.9. The molecule has 6 heteroatoms. The van der Waals surface area contributed by atoms with Crippen molar-refractivity contribution in [3.05, 3.63) is 28.2 Å². The van der Waals surface area contributed by atoms with Crippen molar-refractivity contribution in [3.63, 3.8) is 0 Å². The molecule has 0 aliphatic carbocycles. The molecule has 5 nitrogen and oxygen atoms in total. The fourth-order valence-corrected chi connectivity index (χ4v) is 3.56. The Labute approximate surface area is 133 Å². The van der Waals surface area contributed by atoms with Gasteiger partial charge in [0, 0.05) is 47.9 Å². The van der Waals surface area contributed by atoms with E-state index in [-0.39, 0.29) is 5.84 Å². The van der Waals surface area contributed by atoms with E-state index in [1.807, 2.05) is 12.1 Å². The molecule has 2 aliphatic heterocycles. The van der Waals surface area contributed by atoms with Crippen LogP contribution in [0.2, 0.25) is 0 Å². The predicted octanol–water partition coefficient (Wildman–Crippen LogP) is 1.64. The Hall–Kier alpha value is -1.11. The van der Waals surface area contributed by atoms with Gasteiger partial charge in [0.15, 0.2) is 0 Å². The topological polar surface area (TPSA) is 65.6 Å². The maximum atomic E-state index is 7.79. The minimum Gasteiger partial charge on any atom is -0.384 e. The van der Waals surface area contributed by atoms with Gasteiger partial charge in [-0.1, -0.05) is 15.9 Å². The van der Waals surface area contributed by atoms with Crippen LogP contribution >= 0.6 is 15.9 Å². The summed E-state index contributed by atoms with van der Waals surface area (Å²) in [5, 5.41) is 7.79. The van der Waals surface area contributed by atoms with Crippen molar-refractivity contribution in [2.75, 3.05) is 44.3 Å². The van der Waals surface area contributed by atoms with Gasteiger partial charge < -0.3 is 15.4 Å². The maximum absolute atomic E-state index is 7.79. The molecule has 2 fully saturated rings. The highest BCUT2D eigenvalue weighted by molar-refractivity contribution is 9.10. The van der Waals surface area contributed by atoms with E-state index >= 15 is 0 Å². The molecule has 2 saturated heterocycles. The van der Waals surface area contributed by atoms with Crippen LogP contribution in [0.4, 0.5) is 5.69 Å². The molecule has 3 N–H and O–H groups in total. The van der Waals surface area contributed by atoms with Gasteiger partial charge in [-0.25, -0.2) is 0 Å². The Balaban J connectivity index is 1.75. The van der Waals surface area contributed by atoms with Crippen molar-refractivity contribution in [1.82, 2.24) is 4.90 Å². The molecule has 3 rings (SSSR count). The molecule has 0 radical (unpaired) electrons. The minimum absolute atomic E-state index is 0.126. The van der Waals surface area contributed by atoms with Gasteiger partial charge in [0.1, 0.15) is 5.84 Å². The number of hydrogen-bond donors (Lipinski definition) is 2. The van der Waals surface area contributed by atoms with Gasteiger partial charge in [0.05, 0.1) is 13.2 Å². The van der Waals surface area contributed by atoms with Gasteiger partial charge in [-0.3, -0.25) is 10.3 Å². The summed E-state index contributed by atoms with van der Waals surface area (Å²) < 4.78 is 6.39. The zero-order valence-corrected chi connectivity index (χ0v) is 13.6. The van der Waals surface area contributed by atoms with Crippen LogP contribution in [0, 0.1) is 5.41 Å². The summed E-state index contributed by atoms with van der Waals surface area (Å²) in [5.74, 6) is 0.126. The number of amidine groups is 1. The quantitative estimate of drug-likeness (QED) is 0.641. The van der Waals surface area contributed by atoms with E-state index in [9.17, 15) is 0 Å². The molecule has 1 aromatic carbocycles. The van der Waals surface area contributed by atoms with Gasteiger partial charge in [0.25, 0.3) is 0 Å². The number of nitrogens with zero attached hydrogens (tertiary/aromatic N) is 2. The standard InChI is InChI=1S/C15H21BrN4O/c16-11-1-2-14(13(9-11)15(17)18)20-4-3-12(10-20)19-5-7-21-8-6-19/h1-2,9,12H,3-8,10H2,(H3,17,18). The Morgan fingerprint density at radius 2 is 2.05 bits per heavy atom. The summed E-state index contributed by atoms with van der Waals surface area (Å²) in [7, 11) is 0. The third-order valence-corrected chi connectivity index (χ3v) is 4.81. The smallest absolute Gasteiger partial charge is 0.124 e. The molecule has 0 spiro atoms. The molecule has 1 unspecified atom stereocenters. The normalized spacial score (nSPS) is 23.5. The van der Waals surface area contributed by atoms with Crippen LogP contribution in [-0.2, 0) is 4.74 Å². The van der Waals surface area contributed by atoms with Gasteiger partial charge >= 0.3 is 0 Å². The summed E-state index contributed by atoms with van der Waals surface area (Å²) >= 11 is 3.45. The molecule has 1 aromatic rings. The SMILES string of the molecule is N=C(N)c1cc(Br)ccc1N1CCC(N2CCOCC2)C1. The highest BCUT2D eigenvalue weighted by Crippen LogP contribution is 2.29. The molecular formula is C15H21BrN4O. The molecule has 21 heavy (non-hydrogen) atoms. The number of hydrogen-bond acceptors (Lipinski definition) is 4. The van der Waals surface area contributed by atoms with Crippen molar-refractivity contribution in [1.29, 1.82) is 5.41 Å². The zero-order chi connectivity index (χ0) is 14.8. The van der Waals surface area contributed by atoms with Crippen LogP contribution in [0.15, 0.2) is 22.7 Å². The molecular weight excluding hydrogens is 332 g/mol. The second kappa shape index (κ2) is 6.34. The van der Waals surface area contributed by atoms with E-state index in [4.69, 9.17) is 15.9 Å². The first kappa shape index (κ1) is 14.8. The number of nitrogens with two attached hydrogens (primary N) is 1. The van der Waals surface area contributed by atoms with Crippen molar-refractivity contribution >= 4 is 27.5 Å². The monoisotopic (exact) mass is 352 g/mol. The van der Waals surface area contributed by atoms with E-state index < -0.39 is 0 Å². The molecule has 114 valence electrons. The summed E-state index contributed by atoms with van der Waals surface area (Å²) in [6, 6.07) is 6.59. The molecule has 0 saturated carbocycles. The number of nitrogens with one attached hydrogen (secondary N) is 1. The van der Waals surface area contributed by atoms with Gasteiger partial charge in [-0.15, -0.1) is 0 Å². The van der Waals surface area contributed by atoms with E-state index in [1.165, 1.54) is 0 Å². The first-order valence-corrected chi connectivity index (χ1v) is 8.15. The molecule has 0 bridgehead atoms. The number of rotatable bonds is 3. The van der Waals surface area contributed by atoms with Crippen LogP contribution in [0.5, 0.6) is 0 Å². The van der Waals surface area contributed by atoms with Crippen LogP contribution in [0.3, 0.4) is 0 Å². The first-order valence-electron chi connectivity index (χ1n) is 7.36. The molecule has 1 atom stereocenters. The van der Waals surface area contributed by atoms with Crippen molar-refractivity contribution < 1.29 is 4.74 Å². The average Bonchev–Trinajstić information content (AvgIpc) is 2.97. The lowest BCUT2D eigenvalue weighted by Crippen LogP contribution is -2.44. The van der Waals surface area contributed by atoms with Crippen molar-refractivity contribution in [2.24, 2.45) is 5.73 Å². The third-order valence-electron chi connectivity index (χ3n) is 4.31. The lowest BCUT2D eigenvalue weighted by molar-refractivity contribution is 0.0209. The third kappa shape index (κ3) is 3.22. The Morgan fingerprint density at radius 1 is 1.29 bits per heavy atom. The van der Waals surface area contributed by atoms with E-state index in [1.54, 1.807) is 0 Å². The van der Waals surface area contributed by atoms with E-state index in [2.05, 4.69) is 31.8 Å². The van der Waals surface area contributed by atoms with Crippen LogP contribution in [-0.4, -0.2) is 56.2 Å². The fraction of sp³-hybridized carbons (Fsp3) is 0.533. The Morgan fingerprint density at radius 3 is 2.76 bits per heavy atom. The molecule has 0 amide bonds. The first-order chi connectivity index (χ1) is 10.1. The largest absolute Gasteiger partial charge is 0.384 e. The number of morpholine rings is 1. The zero-order valence-electron chi connectivity index (χ0n) is 12.0. The fourth-order valence-electron chi connectivity index (χ4n) is 3.20. The number of anilines is 1. The Bertz CT molecular complexity index is 530. The number of ether oxygens (including phenoxy) is 1. The van der Waals surface area contributed by atoms with Crippen molar-refractivity contribution in [2.45, 2.75) is 12.5 Å². The van der Waals surface area contributed by atoms with Crippen LogP contribution in [0.25, 0.3) is 0 Å². The van der Waals surface area contributed by atoms with Gasteiger partial charge in [-0.2, -0.15) is 0 Å². The Kier molecular flexibility index (Phi) is 4.47. The minimum atomic E-state index is 0.126. The lowest BCUT2D eigenvalue weighted by Gasteiger charge is -2.32. The molecule has 2 aliphatic rings. The molecule has 2 heterocycles. The van der Waals surface area contributed by atoms with E-state index in [0.29, 0.717) is 6.04 Å². The van der Waals surface area contributed by atoms with Gasteiger partial charge in [0.2, 0.25) is 0 Å². The summed E-state index contributed by atoms with van der Waals surface area (Å²) in [6.45, 7) is 5.75. The lowest BCUT2D eigenvalue weighted by atomic mass is 10.1. The van der Waals surface area contributed by atoms with Crippen LogP contribution < -0.4 is 10.6 Å². The van der Waals surface area contributed by atoms with Gasteiger partial charge in [-0.05, 0) is 24.6 Å². The molecule has 0 aromatic heterocycles. The average molecular weight is 353 g/mol. The maximum Gasteiger partial charge on any atom is 0.124 e. The summed E-state index contributed by atoms with van der Waals surface area (Å²) in [4.78, 5) is 4.87. The number of nitrogen functional groups attached to an aromatic ring is 1. The second-order valence-electron chi connectivity index (χ2n) is 5.61. The van der Waals surface area contributed by atoms with Crippen LogP contribution in [0.1, 0.15) is 12.0 Å². The highest BCUT2D eigenvalue weighted by Gasteiger charge is 2.29. The predicted molar refractivity (Wildman–Crippen MR) is 88.2 cm³/mol. The number of halogens is 1. The summed E-state index contributed by atoms with van der Waals surface area (Å²) in [5.41, 5.74) is 7.62. The summed E-state index contributed by atoms with van der Waals surface area (Å²) in [6.07, 6.45) is 1.16.